The number of rotatable bonds is 2. The minimum Gasteiger partial charge on any atom is -0.370 e. The van der Waals surface area contributed by atoms with Crippen LogP contribution in [0.3, 0.4) is 0 Å². The van der Waals surface area contributed by atoms with Gasteiger partial charge in [0.25, 0.3) is 0 Å². The lowest BCUT2D eigenvalue weighted by molar-refractivity contribution is -0.278. The van der Waals surface area contributed by atoms with E-state index in [1.807, 2.05) is 0 Å². The Morgan fingerprint density at radius 2 is 1.59 bits per heavy atom. The first kappa shape index (κ1) is 13.3. The summed E-state index contributed by atoms with van der Waals surface area (Å²) in [5.41, 5.74) is 0. The topological polar surface area (TPSA) is 59.9 Å². The fourth-order valence-corrected chi connectivity index (χ4v) is 0.744. The Morgan fingerprint density at radius 1 is 1.00 bits per heavy atom. The van der Waals surface area contributed by atoms with Gasteiger partial charge in [-0.05, 0) is 0 Å². The van der Waals surface area contributed by atoms with Gasteiger partial charge in [0.15, 0.2) is 0 Å². The fourth-order valence-electron chi connectivity index (χ4n) is 0.744. The highest BCUT2D eigenvalue weighted by molar-refractivity contribution is 5.25. The van der Waals surface area contributed by atoms with Crippen LogP contribution in [0.25, 0.3) is 0 Å². The van der Waals surface area contributed by atoms with Crippen LogP contribution in [-0.4, -0.2) is 28.4 Å². The smallest absolute Gasteiger partial charge is 0.370 e. The van der Waals surface area contributed by atoms with Crippen LogP contribution in [0.4, 0.5) is 32.3 Å². The van der Waals surface area contributed by atoms with Crippen molar-refractivity contribution in [1.29, 1.82) is 0 Å². The highest BCUT2D eigenvalue weighted by Gasteiger charge is 2.38. The average molecular weight is 262 g/mol. The SMILES string of the molecule is CNc1nc(OC(F)(F)F)nc(C(F)(F)F)n1. The predicted molar refractivity (Wildman–Crippen MR) is 41.1 cm³/mol. The van der Waals surface area contributed by atoms with Crippen LogP contribution in [-0.2, 0) is 6.18 Å². The van der Waals surface area contributed by atoms with E-state index < -0.39 is 30.3 Å². The summed E-state index contributed by atoms with van der Waals surface area (Å²) in [5, 5.41) is 2.06. The Kier molecular flexibility index (Phi) is 3.29. The van der Waals surface area contributed by atoms with Gasteiger partial charge in [-0.1, -0.05) is 0 Å². The third-order valence-corrected chi connectivity index (χ3v) is 1.30. The van der Waals surface area contributed by atoms with E-state index in [-0.39, 0.29) is 0 Å². The van der Waals surface area contributed by atoms with E-state index in [2.05, 4.69) is 25.0 Å². The number of hydrogen-bond acceptors (Lipinski definition) is 5. The van der Waals surface area contributed by atoms with Crippen LogP contribution in [0.15, 0.2) is 0 Å². The molecule has 1 heterocycles. The molecular formula is C6H4F6N4O. The summed E-state index contributed by atoms with van der Waals surface area (Å²) in [6, 6.07) is -1.48. The minimum atomic E-state index is -5.19. The molecule has 0 bridgehead atoms. The molecule has 17 heavy (non-hydrogen) atoms. The summed E-state index contributed by atoms with van der Waals surface area (Å²) >= 11 is 0. The van der Waals surface area contributed by atoms with Crippen molar-refractivity contribution >= 4 is 5.95 Å². The molecule has 0 aliphatic heterocycles. The number of halogens is 6. The summed E-state index contributed by atoms with van der Waals surface area (Å²) in [7, 11) is 1.13. The monoisotopic (exact) mass is 262 g/mol. The van der Waals surface area contributed by atoms with Crippen molar-refractivity contribution in [3.05, 3.63) is 5.82 Å². The zero-order valence-corrected chi connectivity index (χ0v) is 8.02. The van der Waals surface area contributed by atoms with Gasteiger partial charge in [-0.3, -0.25) is 0 Å². The van der Waals surface area contributed by atoms with Crippen molar-refractivity contribution in [3.63, 3.8) is 0 Å². The molecule has 0 atom stereocenters. The van der Waals surface area contributed by atoms with E-state index in [0.717, 1.165) is 7.05 Å². The molecule has 0 saturated carbocycles. The third-order valence-electron chi connectivity index (χ3n) is 1.30. The third kappa shape index (κ3) is 3.92. The van der Waals surface area contributed by atoms with E-state index in [1.165, 1.54) is 0 Å². The van der Waals surface area contributed by atoms with Crippen molar-refractivity contribution in [3.8, 4) is 6.01 Å². The van der Waals surface area contributed by atoms with Gasteiger partial charge in [-0.15, -0.1) is 13.2 Å². The lowest BCUT2D eigenvalue weighted by Gasteiger charge is -2.10. The molecule has 1 aromatic rings. The Morgan fingerprint density at radius 3 is 2.00 bits per heavy atom. The lowest BCUT2D eigenvalue weighted by atomic mass is 10.6. The van der Waals surface area contributed by atoms with E-state index in [9.17, 15) is 26.3 Å². The molecule has 0 unspecified atom stereocenters. The Hall–Kier alpha value is -1.81. The maximum atomic E-state index is 12.2. The molecule has 1 aromatic heterocycles. The number of aromatic nitrogens is 3. The van der Waals surface area contributed by atoms with Gasteiger partial charge < -0.3 is 10.1 Å². The van der Waals surface area contributed by atoms with Crippen molar-refractivity contribution < 1.29 is 31.1 Å². The highest BCUT2D eigenvalue weighted by Crippen LogP contribution is 2.28. The van der Waals surface area contributed by atoms with Gasteiger partial charge in [-0.2, -0.15) is 28.1 Å². The highest BCUT2D eigenvalue weighted by atomic mass is 19.4. The molecule has 0 aromatic carbocycles. The summed E-state index contributed by atoms with van der Waals surface area (Å²) in [6.07, 6.45) is -10.2. The number of hydrogen-bond donors (Lipinski definition) is 1. The first-order valence-electron chi connectivity index (χ1n) is 3.88. The van der Waals surface area contributed by atoms with Crippen molar-refractivity contribution in [2.24, 2.45) is 0 Å². The van der Waals surface area contributed by atoms with Crippen molar-refractivity contribution in [2.45, 2.75) is 12.5 Å². The molecule has 0 amide bonds. The number of nitrogens with zero attached hydrogens (tertiary/aromatic N) is 3. The maximum absolute atomic E-state index is 12.2. The summed E-state index contributed by atoms with van der Waals surface area (Å²) < 4.78 is 75.1. The Balaban J connectivity index is 3.15. The van der Waals surface area contributed by atoms with Crippen LogP contribution in [0.1, 0.15) is 5.82 Å². The van der Waals surface area contributed by atoms with E-state index in [0.29, 0.717) is 0 Å². The summed E-state index contributed by atoms with van der Waals surface area (Å²) in [5.74, 6) is -2.47. The van der Waals surface area contributed by atoms with Gasteiger partial charge in [-0.25, -0.2) is 0 Å². The zero-order chi connectivity index (χ0) is 13.3. The minimum absolute atomic E-state index is 0.688. The van der Waals surface area contributed by atoms with E-state index >= 15 is 0 Å². The summed E-state index contributed by atoms with van der Waals surface area (Å²) in [4.78, 5) is 8.33. The van der Waals surface area contributed by atoms with Crippen molar-refractivity contribution in [2.75, 3.05) is 12.4 Å². The molecule has 0 fully saturated rings. The fraction of sp³-hybridized carbons (Fsp3) is 0.500. The molecule has 0 aliphatic rings. The number of alkyl halides is 6. The standard InChI is InChI=1S/C6H4F6N4O/c1-13-3-14-2(5(7,8)9)15-4(16-3)17-6(10,11)12/h1H3,(H,13,14,15,16). The molecule has 1 N–H and O–H groups in total. The molecule has 11 heteroatoms. The number of anilines is 1. The van der Waals surface area contributed by atoms with E-state index in [1.54, 1.807) is 0 Å². The predicted octanol–water partition coefficient (Wildman–Crippen LogP) is 1.83. The molecule has 0 aliphatic carbocycles. The van der Waals surface area contributed by atoms with Crippen LogP contribution in [0.2, 0.25) is 0 Å². The zero-order valence-electron chi connectivity index (χ0n) is 8.02. The van der Waals surface area contributed by atoms with Crippen LogP contribution in [0.5, 0.6) is 6.01 Å². The first-order chi connectivity index (χ1) is 7.62. The molecule has 96 valence electrons. The molecule has 1 rings (SSSR count). The number of nitrogens with one attached hydrogen (secondary N) is 1. The molecule has 5 nitrogen and oxygen atoms in total. The van der Waals surface area contributed by atoms with E-state index in [4.69, 9.17) is 0 Å². The van der Waals surface area contributed by atoms with Gasteiger partial charge >= 0.3 is 18.5 Å². The number of ether oxygens (including phenoxy) is 1. The normalized spacial score (nSPS) is 12.4. The van der Waals surface area contributed by atoms with Crippen LogP contribution < -0.4 is 10.1 Å². The second kappa shape index (κ2) is 4.22. The Bertz CT molecular complexity index is 402. The van der Waals surface area contributed by atoms with Crippen LogP contribution >= 0.6 is 0 Å². The van der Waals surface area contributed by atoms with Gasteiger partial charge in [0.05, 0.1) is 0 Å². The second-order valence-corrected chi connectivity index (χ2v) is 2.56. The lowest BCUT2D eigenvalue weighted by Crippen LogP contribution is -2.21. The average Bonchev–Trinajstić information content (AvgIpc) is 2.13. The van der Waals surface area contributed by atoms with Gasteiger partial charge in [0.2, 0.25) is 11.8 Å². The van der Waals surface area contributed by atoms with Gasteiger partial charge in [0.1, 0.15) is 0 Å². The molecule has 0 spiro atoms. The quantitative estimate of drug-likeness (QED) is 0.824. The maximum Gasteiger partial charge on any atom is 0.575 e. The largest absolute Gasteiger partial charge is 0.575 e. The van der Waals surface area contributed by atoms with Gasteiger partial charge in [0, 0.05) is 7.05 Å². The second-order valence-electron chi connectivity index (χ2n) is 2.56. The first-order valence-corrected chi connectivity index (χ1v) is 3.88. The molecule has 0 radical (unpaired) electrons. The summed E-state index contributed by atoms with van der Waals surface area (Å²) in [6.45, 7) is 0. The Labute approximate surface area is 89.8 Å². The van der Waals surface area contributed by atoms with Crippen molar-refractivity contribution in [1.82, 2.24) is 15.0 Å². The molecule has 0 saturated heterocycles. The molecular weight excluding hydrogens is 258 g/mol. The van der Waals surface area contributed by atoms with Crippen LogP contribution in [0, 0.1) is 0 Å².